The molecule has 0 aliphatic rings. The standard InChI is InChI=1S/C16H16FN3/c1-3-13-5-6-14(10-19-11-18-9-13)20-16-7-4-12(2)8-15(16)17/h3-11,20H,1H2,2H3,(H,18,19). The second kappa shape index (κ2) is 6.52. The molecule has 0 spiro atoms. The van der Waals surface area contributed by atoms with Gasteiger partial charge in [-0.1, -0.05) is 24.8 Å². The van der Waals surface area contributed by atoms with Crippen molar-refractivity contribution in [3.05, 3.63) is 72.6 Å². The molecule has 2 rings (SSSR count). The van der Waals surface area contributed by atoms with Crippen molar-refractivity contribution >= 4 is 17.5 Å². The van der Waals surface area contributed by atoms with Crippen LogP contribution in [0.15, 0.2) is 55.6 Å². The van der Waals surface area contributed by atoms with Gasteiger partial charge in [0, 0.05) is 6.20 Å². The maximum atomic E-state index is 13.8. The molecule has 0 amide bonds. The lowest BCUT2D eigenvalue weighted by atomic mass is 10.2. The Labute approximate surface area is 117 Å². The Morgan fingerprint density at radius 3 is 2.90 bits per heavy atom. The molecule has 20 heavy (non-hydrogen) atoms. The summed E-state index contributed by atoms with van der Waals surface area (Å²) in [6, 6.07) is 8.72. The number of aryl methyl sites for hydroxylation is 1. The van der Waals surface area contributed by atoms with E-state index in [0.717, 1.165) is 11.1 Å². The smallest absolute Gasteiger partial charge is 0.146 e. The summed E-state index contributed by atoms with van der Waals surface area (Å²) >= 11 is 0. The third kappa shape index (κ3) is 3.68. The number of rotatable bonds is 3. The van der Waals surface area contributed by atoms with Crippen molar-refractivity contribution in [2.24, 2.45) is 0 Å². The molecule has 0 aliphatic carbocycles. The van der Waals surface area contributed by atoms with Crippen LogP contribution in [0.2, 0.25) is 0 Å². The number of nitrogens with one attached hydrogen (secondary N) is 2. The fourth-order valence-corrected chi connectivity index (χ4v) is 1.65. The van der Waals surface area contributed by atoms with Crippen molar-refractivity contribution in [2.75, 3.05) is 5.32 Å². The number of nitrogens with zero attached hydrogens (tertiary/aromatic N) is 1. The van der Waals surface area contributed by atoms with Crippen LogP contribution in [0, 0.1) is 12.7 Å². The van der Waals surface area contributed by atoms with Crippen LogP contribution in [0.25, 0.3) is 6.08 Å². The Morgan fingerprint density at radius 1 is 1.30 bits per heavy atom. The molecule has 0 saturated carbocycles. The van der Waals surface area contributed by atoms with Gasteiger partial charge in [0.25, 0.3) is 0 Å². The lowest BCUT2D eigenvalue weighted by Crippen LogP contribution is -1.93. The largest absolute Gasteiger partial charge is 0.352 e. The van der Waals surface area contributed by atoms with Crippen LogP contribution >= 0.6 is 0 Å². The van der Waals surface area contributed by atoms with E-state index in [0.29, 0.717) is 11.4 Å². The van der Waals surface area contributed by atoms with E-state index in [1.165, 1.54) is 6.07 Å². The minimum absolute atomic E-state index is 0.291. The van der Waals surface area contributed by atoms with Gasteiger partial charge in [0.2, 0.25) is 0 Å². The summed E-state index contributed by atoms with van der Waals surface area (Å²) in [6.07, 6.45) is 6.65. The zero-order chi connectivity index (χ0) is 14.4. The van der Waals surface area contributed by atoms with E-state index in [4.69, 9.17) is 0 Å². The molecule has 0 atom stereocenters. The highest BCUT2D eigenvalue weighted by molar-refractivity contribution is 5.59. The highest BCUT2D eigenvalue weighted by Gasteiger charge is 2.01. The van der Waals surface area contributed by atoms with E-state index < -0.39 is 0 Å². The summed E-state index contributed by atoms with van der Waals surface area (Å²) in [7, 11) is 0. The summed E-state index contributed by atoms with van der Waals surface area (Å²) in [5, 5.41) is 3.01. The van der Waals surface area contributed by atoms with Gasteiger partial charge in [-0.05, 0) is 36.2 Å². The lowest BCUT2D eigenvalue weighted by molar-refractivity contribution is 0.630. The minimum atomic E-state index is -0.291. The van der Waals surface area contributed by atoms with Crippen LogP contribution in [-0.2, 0) is 0 Å². The third-order valence-electron chi connectivity index (χ3n) is 2.71. The lowest BCUT2D eigenvalue weighted by Gasteiger charge is -2.06. The first-order valence-electron chi connectivity index (χ1n) is 6.21. The number of H-pyrrole nitrogens is 1. The molecule has 4 heteroatoms. The van der Waals surface area contributed by atoms with Crippen LogP contribution in [0.4, 0.5) is 15.8 Å². The number of aromatic nitrogens is 2. The van der Waals surface area contributed by atoms with Gasteiger partial charge in [-0.15, -0.1) is 0 Å². The number of anilines is 2. The fourth-order valence-electron chi connectivity index (χ4n) is 1.65. The average molecular weight is 269 g/mol. The summed E-state index contributed by atoms with van der Waals surface area (Å²) in [6.45, 7) is 5.57. The molecule has 0 saturated heterocycles. The number of benzene rings is 1. The van der Waals surface area contributed by atoms with E-state index >= 15 is 0 Å². The molecular weight excluding hydrogens is 253 g/mol. The van der Waals surface area contributed by atoms with Crippen LogP contribution in [0.5, 0.6) is 0 Å². The first kappa shape index (κ1) is 13.8. The van der Waals surface area contributed by atoms with E-state index in [-0.39, 0.29) is 5.82 Å². The Hall–Kier alpha value is -2.62. The number of hydrogen-bond acceptors (Lipinski definition) is 2. The maximum Gasteiger partial charge on any atom is 0.146 e. The van der Waals surface area contributed by atoms with Crippen molar-refractivity contribution in [2.45, 2.75) is 6.92 Å². The molecule has 1 aromatic heterocycles. The van der Waals surface area contributed by atoms with Gasteiger partial charge in [-0.25, -0.2) is 9.37 Å². The monoisotopic (exact) mass is 269 g/mol. The average Bonchev–Trinajstić information content (AvgIpc) is 2.54. The van der Waals surface area contributed by atoms with E-state index in [9.17, 15) is 4.39 Å². The van der Waals surface area contributed by atoms with Crippen LogP contribution < -0.4 is 5.32 Å². The molecule has 0 radical (unpaired) electrons. The molecule has 1 aromatic carbocycles. The topological polar surface area (TPSA) is 40.7 Å². The van der Waals surface area contributed by atoms with E-state index in [1.54, 1.807) is 30.9 Å². The quantitative estimate of drug-likeness (QED) is 0.868. The third-order valence-corrected chi connectivity index (χ3v) is 2.71. The normalized spacial score (nSPS) is 9.70. The van der Waals surface area contributed by atoms with Crippen molar-refractivity contribution in [1.82, 2.24) is 9.97 Å². The molecule has 3 nitrogen and oxygen atoms in total. The second-order valence-electron chi connectivity index (χ2n) is 4.32. The summed E-state index contributed by atoms with van der Waals surface area (Å²) in [4.78, 5) is 6.98. The van der Waals surface area contributed by atoms with Crippen LogP contribution in [0.3, 0.4) is 0 Å². The molecule has 0 aliphatic heterocycles. The highest BCUT2D eigenvalue weighted by Crippen LogP contribution is 2.19. The Morgan fingerprint density at radius 2 is 2.15 bits per heavy atom. The van der Waals surface area contributed by atoms with Gasteiger partial charge >= 0.3 is 0 Å². The molecule has 2 N–H and O–H groups in total. The molecule has 0 unspecified atom stereocenters. The molecule has 0 fully saturated rings. The highest BCUT2D eigenvalue weighted by atomic mass is 19.1. The first-order chi connectivity index (χ1) is 9.69. The zero-order valence-electron chi connectivity index (χ0n) is 11.2. The predicted octanol–water partition coefficient (Wildman–Crippen LogP) is 4.37. The number of aromatic amines is 1. The molecule has 1 heterocycles. The van der Waals surface area contributed by atoms with Crippen LogP contribution in [0.1, 0.15) is 11.1 Å². The molecule has 0 bridgehead atoms. The van der Waals surface area contributed by atoms with Crippen molar-refractivity contribution < 1.29 is 4.39 Å². The van der Waals surface area contributed by atoms with Gasteiger partial charge in [0.1, 0.15) is 5.82 Å². The van der Waals surface area contributed by atoms with Crippen molar-refractivity contribution in [3.8, 4) is 0 Å². The predicted molar refractivity (Wildman–Crippen MR) is 80.7 cm³/mol. The van der Waals surface area contributed by atoms with E-state index in [1.807, 2.05) is 25.1 Å². The summed E-state index contributed by atoms with van der Waals surface area (Å²) in [5.41, 5.74) is 2.88. The van der Waals surface area contributed by atoms with Crippen molar-refractivity contribution in [1.29, 1.82) is 0 Å². The first-order valence-corrected chi connectivity index (χ1v) is 6.21. The molecule has 102 valence electrons. The number of halogens is 1. The molecule has 2 aromatic rings. The Bertz CT molecular complexity index is 660. The number of hydrogen-bond donors (Lipinski definition) is 2. The van der Waals surface area contributed by atoms with Gasteiger partial charge in [0.05, 0.1) is 23.9 Å². The fraction of sp³-hybridized carbons (Fsp3) is 0.0625. The van der Waals surface area contributed by atoms with Gasteiger partial charge in [0.15, 0.2) is 0 Å². The Kier molecular flexibility index (Phi) is 4.50. The zero-order valence-corrected chi connectivity index (χ0v) is 11.2. The minimum Gasteiger partial charge on any atom is -0.352 e. The molecular formula is C16H16FN3. The summed E-state index contributed by atoms with van der Waals surface area (Å²) < 4.78 is 13.8. The summed E-state index contributed by atoms with van der Waals surface area (Å²) in [5.74, 6) is -0.291. The van der Waals surface area contributed by atoms with Crippen LogP contribution in [-0.4, -0.2) is 9.97 Å². The van der Waals surface area contributed by atoms with Gasteiger partial charge in [-0.2, -0.15) is 0 Å². The van der Waals surface area contributed by atoms with Crippen molar-refractivity contribution in [3.63, 3.8) is 0 Å². The van der Waals surface area contributed by atoms with E-state index in [2.05, 4.69) is 21.9 Å². The van der Waals surface area contributed by atoms with Gasteiger partial charge < -0.3 is 10.3 Å². The maximum absolute atomic E-state index is 13.8. The van der Waals surface area contributed by atoms with Gasteiger partial charge in [-0.3, -0.25) is 0 Å². The SMILES string of the molecule is C=Cc1ccc(Nc2ccc(C)cc2F)cnc[nH]c1. The second-order valence-corrected chi connectivity index (χ2v) is 4.32. The Balaban J connectivity index is 2.38.